The van der Waals surface area contributed by atoms with Crippen LogP contribution < -0.4 is 9.46 Å². The zero-order valence-corrected chi connectivity index (χ0v) is 18.7. The van der Waals surface area contributed by atoms with E-state index in [9.17, 15) is 8.42 Å². The lowest BCUT2D eigenvalue weighted by Crippen LogP contribution is -2.40. The summed E-state index contributed by atoms with van der Waals surface area (Å²) >= 11 is 0. The van der Waals surface area contributed by atoms with E-state index in [2.05, 4.69) is 9.71 Å². The van der Waals surface area contributed by atoms with Gasteiger partial charge in [0.1, 0.15) is 17.6 Å². The summed E-state index contributed by atoms with van der Waals surface area (Å²) in [5, 5.41) is 0.875. The lowest BCUT2D eigenvalue weighted by molar-refractivity contribution is -0.110. The quantitative estimate of drug-likeness (QED) is 0.536. The molecule has 1 saturated heterocycles. The summed E-state index contributed by atoms with van der Waals surface area (Å²) in [4.78, 5) is 9.85. The van der Waals surface area contributed by atoms with E-state index in [0.717, 1.165) is 16.8 Å². The van der Waals surface area contributed by atoms with Gasteiger partial charge in [0.15, 0.2) is 0 Å². The Morgan fingerprint density at radius 3 is 2.69 bits per heavy atom. The predicted octanol–water partition coefficient (Wildman–Crippen LogP) is 3.11. The molecular formula is C24H27N3O4S. The highest BCUT2D eigenvalue weighted by molar-refractivity contribution is 7.90. The molecule has 3 aromatic rings. The van der Waals surface area contributed by atoms with E-state index in [4.69, 9.17) is 9.57 Å². The van der Waals surface area contributed by atoms with E-state index < -0.39 is 21.3 Å². The fraction of sp³-hybridized carbons (Fsp3) is 0.292. The van der Waals surface area contributed by atoms with Crippen LogP contribution in [0.4, 0.5) is 0 Å². The maximum Gasteiger partial charge on any atom is 0.218 e. The van der Waals surface area contributed by atoms with Crippen molar-refractivity contribution in [1.82, 2.24) is 14.8 Å². The molecule has 1 N–H and O–H groups in total. The molecule has 2 atom stereocenters. The van der Waals surface area contributed by atoms with Crippen molar-refractivity contribution in [2.75, 3.05) is 20.2 Å². The molecule has 2 aromatic carbocycles. The second kappa shape index (κ2) is 10.2. The molecule has 2 heterocycles. The third-order valence-corrected chi connectivity index (χ3v) is 7.24. The Kier molecular flexibility index (Phi) is 7.16. The van der Waals surface area contributed by atoms with Crippen molar-refractivity contribution < 1.29 is 18.0 Å². The van der Waals surface area contributed by atoms with Gasteiger partial charge in [0, 0.05) is 31.9 Å². The zero-order valence-electron chi connectivity index (χ0n) is 17.9. The Balaban J connectivity index is 1.44. The number of benzene rings is 2. The summed E-state index contributed by atoms with van der Waals surface area (Å²) in [7, 11) is -1.86. The Morgan fingerprint density at radius 2 is 1.91 bits per heavy atom. The fourth-order valence-corrected chi connectivity index (χ4v) is 5.29. The van der Waals surface area contributed by atoms with Crippen molar-refractivity contribution in [3.8, 4) is 5.75 Å². The first-order chi connectivity index (χ1) is 15.5. The summed E-state index contributed by atoms with van der Waals surface area (Å²) in [6.45, 7) is 0.819. The van der Waals surface area contributed by atoms with Gasteiger partial charge in [0.25, 0.3) is 0 Å². The molecule has 7 nitrogen and oxygen atoms in total. The number of rotatable bonds is 9. The highest BCUT2D eigenvalue weighted by Crippen LogP contribution is 2.34. The molecule has 4 rings (SSSR count). The average molecular weight is 454 g/mol. The van der Waals surface area contributed by atoms with Crippen LogP contribution in [0.15, 0.2) is 79.0 Å². The standard InChI is InChI=1S/C24H27N3O4S/c1-27-24(20-10-7-12-22(16-20)30-17-19-8-3-2-4-9-19)23(18-31-27)32(28,29)26-15-13-21-11-5-6-14-25-21/h2-12,14,16,23-24,26H,13,15,17-18H2,1H3. The fourth-order valence-electron chi connectivity index (χ4n) is 3.78. The van der Waals surface area contributed by atoms with Gasteiger partial charge in [0.2, 0.25) is 10.0 Å². The molecule has 0 saturated carbocycles. The van der Waals surface area contributed by atoms with Crippen molar-refractivity contribution in [2.24, 2.45) is 0 Å². The zero-order chi connectivity index (χ0) is 22.4. The maximum absolute atomic E-state index is 13.1. The SMILES string of the molecule is CN1OCC(S(=O)(=O)NCCc2ccccn2)C1c1cccc(OCc2ccccc2)c1. The second-order valence-electron chi connectivity index (χ2n) is 7.68. The number of sulfonamides is 1. The Labute approximate surface area is 189 Å². The van der Waals surface area contributed by atoms with Gasteiger partial charge in [-0.2, -0.15) is 5.06 Å². The highest BCUT2D eigenvalue weighted by Gasteiger charge is 2.43. The first kappa shape index (κ1) is 22.4. The summed E-state index contributed by atoms with van der Waals surface area (Å²) in [5.41, 5.74) is 2.74. The van der Waals surface area contributed by atoms with E-state index in [1.807, 2.05) is 72.8 Å². The monoisotopic (exact) mass is 453 g/mol. The van der Waals surface area contributed by atoms with Crippen LogP contribution in [0.2, 0.25) is 0 Å². The minimum atomic E-state index is -3.61. The van der Waals surface area contributed by atoms with Crippen molar-refractivity contribution in [3.63, 3.8) is 0 Å². The van der Waals surface area contributed by atoms with E-state index in [1.54, 1.807) is 18.3 Å². The molecular weight excluding hydrogens is 426 g/mol. The van der Waals surface area contributed by atoms with Gasteiger partial charge in [-0.3, -0.25) is 9.82 Å². The summed E-state index contributed by atoms with van der Waals surface area (Å²) < 4.78 is 34.8. The normalized spacial score (nSPS) is 19.2. The number of nitrogens with zero attached hydrogens (tertiary/aromatic N) is 2. The van der Waals surface area contributed by atoms with E-state index >= 15 is 0 Å². The van der Waals surface area contributed by atoms with Crippen LogP contribution in [-0.4, -0.2) is 43.9 Å². The average Bonchev–Trinajstić information content (AvgIpc) is 3.21. The van der Waals surface area contributed by atoms with E-state index in [-0.39, 0.29) is 13.2 Å². The van der Waals surface area contributed by atoms with Crippen LogP contribution >= 0.6 is 0 Å². The number of pyridine rings is 1. The molecule has 2 unspecified atom stereocenters. The van der Waals surface area contributed by atoms with Gasteiger partial charge in [-0.25, -0.2) is 13.1 Å². The molecule has 0 amide bonds. The minimum Gasteiger partial charge on any atom is -0.489 e. The lowest BCUT2D eigenvalue weighted by Gasteiger charge is -2.23. The van der Waals surface area contributed by atoms with Crippen LogP contribution in [0.5, 0.6) is 5.75 Å². The lowest BCUT2D eigenvalue weighted by atomic mass is 10.0. The molecule has 1 aliphatic rings. The smallest absolute Gasteiger partial charge is 0.218 e. The predicted molar refractivity (Wildman–Crippen MR) is 122 cm³/mol. The van der Waals surface area contributed by atoms with Crippen LogP contribution in [-0.2, 0) is 27.9 Å². The highest BCUT2D eigenvalue weighted by atomic mass is 32.2. The molecule has 1 aromatic heterocycles. The van der Waals surface area contributed by atoms with Crippen LogP contribution in [0.3, 0.4) is 0 Å². The summed E-state index contributed by atoms with van der Waals surface area (Å²) in [5.74, 6) is 0.686. The molecule has 0 spiro atoms. The van der Waals surface area contributed by atoms with Crippen molar-refractivity contribution in [1.29, 1.82) is 0 Å². The van der Waals surface area contributed by atoms with E-state index in [0.29, 0.717) is 18.8 Å². The molecule has 0 radical (unpaired) electrons. The van der Waals surface area contributed by atoms with Gasteiger partial charge in [-0.05, 0) is 35.4 Å². The summed E-state index contributed by atoms with van der Waals surface area (Å²) in [6.07, 6.45) is 2.23. The van der Waals surface area contributed by atoms with Crippen LogP contribution in [0.1, 0.15) is 22.9 Å². The Hall–Kier alpha value is -2.78. The number of hydroxylamine groups is 2. The van der Waals surface area contributed by atoms with Crippen molar-refractivity contribution in [3.05, 3.63) is 95.8 Å². The van der Waals surface area contributed by atoms with E-state index in [1.165, 1.54) is 0 Å². The van der Waals surface area contributed by atoms with Gasteiger partial charge in [-0.15, -0.1) is 0 Å². The van der Waals surface area contributed by atoms with Gasteiger partial charge < -0.3 is 4.74 Å². The number of ether oxygens (including phenoxy) is 1. The van der Waals surface area contributed by atoms with Gasteiger partial charge in [-0.1, -0.05) is 48.5 Å². The first-order valence-electron chi connectivity index (χ1n) is 10.5. The second-order valence-corrected chi connectivity index (χ2v) is 9.67. The molecule has 0 bridgehead atoms. The number of nitrogens with one attached hydrogen (secondary N) is 1. The number of aromatic nitrogens is 1. The number of hydrogen-bond donors (Lipinski definition) is 1. The first-order valence-corrected chi connectivity index (χ1v) is 12.1. The Morgan fingerprint density at radius 1 is 1.09 bits per heavy atom. The summed E-state index contributed by atoms with van der Waals surface area (Å²) in [6, 6.07) is 22.6. The van der Waals surface area contributed by atoms with Crippen molar-refractivity contribution >= 4 is 10.0 Å². The number of hydrogen-bond acceptors (Lipinski definition) is 6. The Bertz CT molecular complexity index is 1110. The molecule has 1 fully saturated rings. The third kappa shape index (κ3) is 5.52. The third-order valence-electron chi connectivity index (χ3n) is 5.44. The van der Waals surface area contributed by atoms with Crippen LogP contribution in [0.25, 0.3) is 0 Å². The molecule has 32 heavy (non-hydrogen) atoms. The topological polar surface area (TPSA) is 80.8 Å². The molecule has 8 heteroatoms. The minimum absolute atomic E-state index is 0.0924. The maximum atomic E-state index is 13.1. The molecule has 0 aliphatic carbocycles. The van der Waals surface area contributed by atoms with Crippen molar-refractivity contribution in [2.45, 2.75) is 24.3 Å². The molecule has 1 aliphatic heterocycles. The molecule has 168 valence electrons. The van der Waals surface area contributed by atoms with Gasteiger partial charge in [0.05, 0.1) is 12.6 Å². The van der Waals surface area contributed by atoms with Crippen LogP contribution in [0, 0.1) is 0 Å². The van der Waals surface area contributed by atoms with Gasteiger partial charge >= 0.3 is 0 Å². The largest absolute Gasteiger partial charge is 0.489 e.